The van der Waals surface area contributed by atoms with Crippen molar-refractivity contribution in [3.8, 4) is 0 Å². The van der Waals surface area contributed by atoms with Crippen LogP contribution in [0, 0.1) is 6.92 Å². The molecule has 0 aliphatic rings. The lowest BCUT2D eigenvalue weighted by atomic mass is 10.1. The van der Waals surface area contributed by atoms with Gasteiger partial charge in [0.1, 0.15) is 0 Å². The van der Waals surface area contributed by atoms with Crippen molar-refractivity contribution in [2.45, 2.75) is 18.7 Å². The van der Waals surface area contributed by atoms with Gasteiger partial charge in [-0.1, -0.05) is 11.6 Å². The average Bonchev–Trinajstić information content (AvgIpc) is 2.35. The molecule has 0 unspecified atom stereocenters. The maximum Gasteiger partial charge on any atom is 0.261 e. The van der Waals surface area contributed by atoms with Gasteiger partial charge in [0, 0.05) is 34.4 Å². The Morgan fingerprint density at radius 1 is 1.40 bits per heavy atom. The molecule has 0 fully saturated rings. The molecular formula is C12H15Cl2NO4S. The van der Waals surface area contributed by atoms with Crippen LogP contribution in [0.4, 0.5) is 0 Å². The molecule has 0 aromatic heterocycles. The summed E-state index contributed by atoms with van der Waals surface area (Å²) in [6, 6.07) is 2.62. The average molecular weight is 340 g/mol. The van der Waals surface area contributed by atoms with Crippen LogP contribution in [-0.2, 0) is 13.8 Å². The Balaban J connectivity index is 3.01. The largest absolute Gasteiger partial charge is 0.380 e. The summed E-state index contributed by atoms with van der Waals surface area (Å²) in [6.45, 7) is 4.61. The van der Waals surface area contributed by atoms with E-state index in [1.54, 1.807) is 0 Å². The number of ether oxygens (including phenoxy) is 1. The summed E-state index contributed by atoms with van der Waals surface area (Å²) >= 11 is 5.83. The Bertz CT molecular complexity index is 602. The molecule has 0 heterocycles. The van der Waals surface area contributed by atoms with E-state index in [2.05, 4.69) is 5.32 Å². The van der Waals surface area contributed by atoms with Crippen molar-refractivity contribution in [3.63, 3.8) is 0 Å². The lowest BCUT2D eigenvalue weighted by Gasteiger charge is -2.11. The highest BCUT2D eigenvalue weighted by Gasteiger charge is 2.20. The first-order valence-corrected chi connectivity index (χ1v) is 8.56. The summed E-state index contributed by atoms with van der Waals surface area (Å²) in [6.07, 6.45) is 0. The van der Waals surface area contributed by atoms with Crippen LogP contribution in [0.1, 0.15) is 22.8 Å². The number of hydrogen-bond acceptors (Lipinski definition) is 4. The molecule has 0 saturated carbocycles. The highest BCUT2D eigenvalue weighted by atomic mass is 35.7. The summed E-state index contributed by atoms with van der Waals surface area (Å²) in [4.78, 5) is 11.8. The van der Waals surface area contributed by atoms with Crippen molar-refractivity contribution in [1.29, 1.82) is 0 Å². The third kappa shape index (κ3) is 4.63. The minimum Gasteiger partial charge on any atom is -0.380 e. The second kappa shape index (κ2) is 7.26. The van der Waals surface area contributed by atoms with E-state index < -0.39 is 15.0 Å². The molecular weight excluding hydrogens is 325 g/mol. The van der Waals surface area contributed by atoms with Crippen LogP contribution in [0.5, 0.6) is 0 Å². The van der Waals surface area contributed by atoms with Gasteiger partial charge in [0.15, 0.2) is 0 Å². The van der Waals surface area contributed by atoms with Gasteiger partial charge in [-0.2, -0.15) is 0 Å². The molecule has 0 saturated heterocycles. The number of halogens is 2. The van der Waals surface area contributed by atoms with Crippen LogP contribution < -0.4 is 5.32 Å². The van der Waals surface area contributed by atoms with E-state index in [1.165, 1.54) is 19.1 Å². The molecule has 0 aliphatic carbocycles. The Labute approximate surface area is 127 Å². The second-order valence-corrected chi connectivity index (χ2v) is 6.94. The molecule has 5 nitrogen and oxygen atoms in total. The number of carbonyl (C=O) groups is 1. The van der Waals surface area contributed by atoms with E-state index in [1.807, 2.05) is 6.92 Å². The fourth-order valence-electron chi connectivity index (χ4n) is 1.62. The van der Waals surface area contributed by atoms with Crippen LogP contribution in [0.15, 0.2) is 17.0 Å². The lowest BCUT2D eigenvalue weighted by molar-refractivity contribution is 0.0921. The molecule has 0 radical (unpaired) electrons. The van der Waals surface area contributed by atoms with Gasteiger partial charge in [-0.3, -0.25) is 4.79 Å². The van der Waals surface area contributed by atoms with E-state index in [0.717, 1.165) is 0 Å². The van der Waals surface area contributed by atoms with Gasteiger partial charge in [-0.15, -0.1) is 0 Å². The molecule has 0 atom stereocenters. The first-order chi connectivity index (χ1) is 9.27. The maximum atomic E-state index is 12.0. The van der Waals surface area contributed by atoms with Gasteiger partial charge in [0.05, 0.1) is 11.5 Å². The maximum absolute atomic E-state index is 12.0. The summed E-state index contributed by atoms with van der Waals surface area (Å²) in [5.74, 6) is -0.425. The smallest absolute Gasteiger partial charge is 0.261 e. The zero-order chi connectivity index (χ0) is 15.3. The molecule has 1 aromatic rings. The zero-order valence-corrected chi connectivity index (χ0v) is 13.4. The molecule has 0 spiro atoms. The molecule has 1 N–H and O–H groups in total. The van der Waals surface area contributed by atoms with Crippen LogP contribution in [0.25, 0.3) is 0 Å². The van der Waals surface area contributed by atoms with Crippen molar-refractivity contribution in [2.24, 2.45) is 0 Å². The minimum atomic E-state index is -3.96. The van der Waals surface area contributed by atoms with E-state index >= 15 is 0 Å². The number of benzene rings is 1. The molecule has 1 rings (SSSR count). The normalized spacial score (nSPS) is 11.4. The number of nitrogens with one attached hydrogen (secondary N) is 1. The van der Waals surface area contributed by atoms with Crippen LogP contribution >= 0.6 is 22.3 Å². The Morgan fingerprint density at radius 3 is 2.60 bits per heavy atom. The fraction of sp³-hybridized carbons (Fsp3) is 0.417. The van der Waals surface area contributed by atoms with Gasteiger partial charge in [0.2, 0.25) is 0 Å². The quantitative estimate of drug-likeness (QED) is 0.637. The third-order valence-electron chi connectivity index (χ3n) is 2.57. The second-order valence-electron chi connectivity index (χ2n) is 3.97. The first kappa shape index (κ1) is 17.2. The molecule has 112 valence electrons. The standard InChI is InChI=1S/C12H15Cl2NO4S/c1-3-19-5-4-15-12(16)10-6-9(13)7-11(8(10)2)20(14,17)18/h6-7H,3-5H2,1-2H3,(H,15,16). The van der Waals surface area contributed by atoms with Gasteiger partial charge in [0.25, 0.3) is 15.0 Å². The summed E-state index contributed by atoms with van der Waals surface area (Å²) in [5, 5.41) is 2.75. The van der Waals surface area contributed by atoms with Crippen molar-refractivity contribution >= 4 is 37.2 Å². The van der Waals surface area contributed by atoms with Crippen LogP contribution in [-0.4, -0.2) is 34.1 Å². The summed E-state index contributed by atoms with van der Waals surface area (Å²) < 4.78 is 28.0. The summed E-state index contributed by atoms with van der Waals surface area (Å²) in [7, 11) is 1.36. The SMILES string of the molecule is CCOCCNC(=O)c1cc(Cl)cc(S(=O)(=O)Cl)c1C. The monoisotopic (exact) mass is 339 g/mol. The van der Waals surface area contributed by atoms with Crippen molar-refractivity contribution in [3.05, 3.63) is 28.3 Å². The minimum absolute atomic E-state index is 0.129. The van der Waals surface area contributed by atoms with Crippen molar-refractivity contribution < 1.29 is 17.9 Å². The van der Waals surface area contributed by atoms with Gasteiger partial charge >= 0.3 is 0 Å². The molecule has 20 heavy (non-hydrogen) atoms. The Kier molecular flexibility index (Phi) is 6.26. The third-order valence-corrected chi connectivity index (χ3v) is 4.23. The van der Waals surface area contributed by atoms with E-state index in [9.17, 15) is 13.2 Å². The highest BCUT2D eigenvalue weighted by molar-refractivity contribution is 8.13. The highest BCUT2D eigenvalue weighted by Crippen LogP contribution is 2.26. The predicted octanol–water partition coefficient (Wildman–Crippen LogP) is 2.34. The fourth-order valence-corrected chi connectivity index (χ4v) is 3.13. The molecule has 0 aliphatic heterocycles. The molecule has 1 amide bonds. The number of hydrogen-bond donors (Lipinski definition) is 1. The topological polar surface area (TPSA) is 72.5 Å². The van der Waals surface area contributed by atoms with E-state index in [-0.39, 0.29) is 21.0 Å². The van der Waals surface area contributed by atoms with Gasteiger partial charge in [-0.05, 0) is 31.5 Å². The number of carbonyl (C=O) groups excluding carboxylic acids is 1. The lowest BCUT2D eigenvalue weighted by Crippen LogP contribution is -2.28. The van der Waals surface area contributed by atoms with Crippen LogP contribution in [0.2, 0.25) is 5.02 Å². The van der Waals surface area contributed by atoms with E-state index in [4.69, 9.17) is 27.0 Å². The number of rotatable bonds is 6. The summed E-state index contributed by atoms with van der Waals surface area (Å²) in [5.41, 5.74) is 0.437. The zero-order valence-electron chi connectivity index (χ0n) is 11.1. The van der Waals surface area contributed by atoms with E-state index in [0.29, 0.717) is 19.8 Å². The van der Waals surface area contributed by atoms with Gasteiger partial charge < -0.3 is 10.1 Å². The molecule has 8 heteroatoms. The van der Waals surface area contributed by atoms with Gasteiger partial charge in [-0.25, -0.2) is 8.42 Å². The molecule has 0 bridgehead atoms. The predicted molar refractivity (Wildman–Crippen MR) is 78.1 cm³/mol. The first-order valence-electron chi connectivity index (χ1n) is 5.88. The Hall–Kier alpha value is -0.820. The molecule has 1 aromatic carbocycles. The van der Waals surface area contributed by atoms with Crippen LogP contribution in [0.3, 0.4) is 0 Å². The van der Waals surface area contributed by atoms with Crippen molar-refractivity contribution in [2.75, 3.05) is 19.8 Å². The Morgan fingerprint density at radius 2 is 2.05 bits per heavy atom. The number of amides is 1. The van der Waals surface area contributed by atoms with Crippen molar-refractivity contribution in [1.82, 2.24) is 5.32 Å².